The number of rotatable bonds is 7. The van der Waals surface area contributed by atoms with Crippen LogP contribution in [0.1, 0.15) is 26.7 Å². The van der Waals surface area contributed by atoms with Crippen LogP contribution >= 0.6 is 0 Å². The summed E-state index contributed by atoms with van der Waals surface area (Å²) >= 11 is 0. The minimum absolute atomic E-state index is 0.0970. The molecule has 0 atom stereocenters. The highest BCUT2D eigenvalue weighted by molar-refractivity contribution is 7.90. The first-order valence-electron chi connectivity index (χ1n) is 8.74. The molecule has 0 radical (unpaired) electrons. The number of sulfone groups is 1. The summed E-state index contributed by atoms with van der Waals surface area (Å²) in [4.78, 5) is 34.9. The largest absolute Gasteiger partial charge is 0.573 e. The molecule has 0 aliphatic carbocycles. The van der Waals surface area contributed by atoms with Crippen molar-refractivity contribution in [2.24, 2.45) is 5.73 Å². The summed E-state index contributed by atoms with van der Waals surface area (Å²) in [6, 6.07) is 3.54. The molecule has 0 spiro atoms. The van der Waals surface area contributed by atoms with Crippen molar-refractivity contribution in [1.29, 1.82) is 0 Å². The molecule has 0 saturated heterocycles. The average Bonchev–Trinajstić information content (AvgIpc) is 3.18. The Morgan fingerprint density at radius 1 is 1.12 bits per heavy atom. The van der Waals surface area contributed by atoms with E-state index in [1.54, 1.807) is 0 Å². The predicted molar refractivity (Wildman–Crippen MR) is 103 cm³/mol. The third-order valence-corrected chi connectivity index (χ3v) is 5.04. The lowest BCUT2D eigenvalue weighted by Crippen LogP contribution is -2.25. The highest BCUT2D eigenvalue weighted by atomic mass is 32.2. The second kappa shape index (κ2) is 8.81. The van der Waals surface area contributed by atoms with Gasteiger partial charge < -0.3 is 15.8 Å². The lowest BCUT2D eigenvalue weighted by molar-refractivity contribution is -0.274. The number of carbonyl (C=O) groups is 2. The SMILES string of the molecule is CS(=O)(=O)c1cc(OC(F)(F)F)cc(C(=O)NCc2ncnn2-c2cc(C(N)=O)ncn2)c1. The van der Waals surface area contributed by atoms with E-state index >= 15 is 0 Å². The van der Waals surface area contributed by atoms with E-state index in [-0.39, 0.29) is 23.9 Å². The zero-order valence-electron chi connectivity index (χ0n) is 16.6. The molecule has 12 nitrogen and oxygen atoms in total. The molecule has 2 heterocycles. The molecule has 0 bridgehead atoms. The van der Waals surface area contributed by atoms with Crippen LogP contribution in [0.25, 0.3) is 5.82 Å². The van der Waals surface area contributed by atoms with Gasteiger partial charge in [0.05, 0.1) is 11.4 Å². The Morgan fingerprint density at radius 3 is 2.48 bits per heavy atom. The lowest BCUT2D eigenvalue weighted by atomic mass is 10.2. The van der Waals surface area contributed by atoms with Gasteiger partial charge in [-0.15, -0.1) is 13.2 Å². The number of benzene rings is 1. The number of alkyl halides is 3. The van der Waals surface area contributed by atoms with E-state index in [9.17, 15) is 31.2 Å². The third kappa shape index (κ3) is 6.00. The van der Waals surface area contributed by atoms with Crippen molar-refractivity contribution in [3.05, 3.63) is 54.0 Å². The number of hydrogen-bond donors (Lipinski definition) is 2. The van der Waals surface area contributed by atoms with Crippen LogP contribution < -0.4 is 15.8 Å². The number of primary amides is 1. The van der Waals surface area contributed by atoms with Crippen molar-refractivity contribution in [1.82, 2.24) is 30.0 Å². The highest BCUT2D eigenvalue weighted by Gasteiger charge is 2.32. The fraction of sp³-hybridized carbons (Fsp3) is 0.176. The minimum atomic E-state index is -5.10. The molecule has 3 aromatic rings. The van der Waals surface area contributed by atoms with E-state index < -0.39 is 44.2 Å². The van der Waals surface area contributed by atoms with E-state index in [1.165, 1.54) is 10.7 Å². The van der Waals surface area contributed by atoms with Crippen molar-refractivity contribution >= 4 is 21.7 Å². The van der Waals surface area contributed by atoms with Gasteiger partial charge in [-0.1, -0.05) is 0 Å². The van der Waals surface area contributed by atoms with Crippen molar-refractivity contribution in [3.8, 4) is 11.6 Å². The molecular formula is C17H14F3N7O5S. The zero-order valence-corrected chi connectivity index (χ0v) is 17.4. The first-order valence-corrected chi connectivity index (χ1v) is 10.6. The quantitative estimate of drug-likeness (QED) is 0.480. The van der Waals surface area contributed by atoms with E-state index in [2.05, 4.69) is 30.1 Å². The van der Waals surface area contributed by atoms with Crippen LogP contribution in [0.4, 0.5) is 13.2 Å². The molecule has 174 valence electrons. The summed E-state index contributed by atoms with van der Waals surface area (Å²) in [5, 5.41) is 6.31. The molecule has 33 heavy (non-hydrogen) atoms. The van der Waals surface area contributed by atoms with Crippen molar-refractivity contribution < 1.29 is 35.9 Å². The average molecular weight is 485 g/mol. The van der Waals surface area contributed by atoms with E-state index in [1.807, 2.05) is 0 Å². The number of carbonyl (C=O) groups excluding carboxylic acids is 2. The summed E-state index contributed by atoms with van der Waals surface area (Å²) < 4.78 is 66.3. The van der Waals surface area contributed by atoms with Gasteiger partial charge in [0.15, 0.2) is 21.5 Å². The molecule has 0 aliphatic rings. The number of hydrogen-bond acceptors (Lipinski definition) is 9. The molecule has 16 heteroatoms. The smallest absolute Gasteiger partial charge is 0.406 e. The van der Waals surface area contributed by atoms with Crippen molar-refractivity contribution in [2.45, 2.75) is 17.8 Å². The van der Waals surface area contributed by atoms with Crippen molar-refractivity contribution in [3.63, 3.8) is 0 Å². The summed E-state index contributed by atoms with van der Waals surface area (Å²) in [5.41, 5.74) is 4.68. The normalized spacial score (nSPS) is 11.8. The maximum absolute atomic E-state index is 12.6. The molecule has 0 unspecified atom stereocenters. The Kier molecular flexibility index (Phi) is 6.30. The molecule has 0 saturated carbocycles. The maximum Gasteiger partial charge on any atom is 0.573 e. The topological polar surface area (TPSA) is 172 Å². The van der Waals surface area contributed by atoms with Gasteiger partial charge in [0, 0.05) is 17.9 Å². The minimum Gasteiger partial charge on any atom is -0.406 e. The number of amides is 2. The number of aromatic nitrogens is 5. The molecule has 1 aromatic carbocycles. The van der Waals surface area contributed by atoms with Gasteiger partial charge >= 0.3 is 6.36 Å². The highest BCUT2D eigenvalue weighted by Crippen LogP contribution is 2.27. The van der Waals surface area contributed by atoms with Gasteiger partial charge in [-0.3, -0.25) is 9.59 Å². The van der Waals surface area contributed by atoms with E-state index in [0.29, 0.717) is 6.07 Å². The molecular weight excluding hydrogens is 471 g/mol. The van der Waals surface area contributed by atoms with Gasteiger partial charge in [-0.2, -0.15) is 9.78 Å². The van der Waals surface area contributed by atoms with Crippen LogP contribution in [0, 0.1) is 0 Å². The maximum atomic E-state index is 12.6. The fourth-order valence-electron chi connectivity index (χ4n) is 2.55. The Morgan fingerprint density at radius 2 is 1.85 bits per heavy atom. The molecule has 0 aliphatic heterocycles. The number of nitrogens with zero attached hydrogens (tertiary/aromatic N) is 5. The van der Waals surface area contributed by atoms with Crippen LogP contribution in [0.15, 0.2) is 41.8 Å². The predicted octanol–water partition coefficient (Wildman–Crippen LogP) is 0.388. The third-order valence-electron chi connectivity index (χ3n) is 3.95. The fourth-order valence-corrected chi connectivity index (χ4v) is 3.22. The second-order valence-corrected chi connectivity index (χ2v) is 8.43. The molecule has 2 amide bonds. The van der Waals surface area contributed by atoms with Crippen LogP contribution in [0.5, 0.6) is 5.75 Å². The van der Waals surface area contributed by atoms with Crippen LogP contribution in [0.3, 0.4) is 0 Å². The first-order chi connectivity index (χ1) is 15.3. The van der Waals surface area contributed by atoms with Gasteiger partial charge in [-0.25, -0.2) is 23.4 Å². The van der Waals surface area contributed by atoms with Gasteiger partial charge in [-0.05, 0) is 18.2 Å². The monoisotopic (exact) mass is 485 g/mol. The standard InChI is InChI=1S/C17H14F3N7O5S/c1-33(30,31)11-3-9(2-10(4-11)32-17(18,19)20)16(29)22-6-14-25-8-26-27(14)13-5-12(15(21)28)23-7-24-13/h2-5,7-8H,6H2,1H3,(H2,21,28)(H,22,29). The lowest BCUT2D eigenvalue weighted by Gasteiger charge is -2.12. The summed E-state index contributed by atoms with van der Waals surface area (Å²) in [6.07, 6.45) is -2.13. The number of halogens is 3. The van der Waals surface area contributed by atoms with Gasteiger partial charge in [0.25, 0.3) is 11.8 Å². The summed E-state index contributed by atoms with van der Waals surface area (Å²) in [5.74, 6) is -2.36. The number of ether oxygens (including phenoxy) is 1. The van der Waals surface area contributed by atoms with Crippen LogP contribution in [-0.4, -0.2) is 57.6 Å². The Hall–Kier alpha value is -4.08. The van der Waals surface area contributed by atoms with Crippen LogP contribution in [0.2, 0.25) is 0 Å². The first kappa shape index (κ1) is 23.6. The van der Waals surface area contributed by atoms with Crippen molar-refractivity contribution in [2.75, 3.05) is 6.26 Å². The number of nitrogens with one attached hydrogen (secondary N) is 1. The van der Waals surface area contributed by atoms with Crippen LogP contribution in [-0.2, 0) is 16.4 Å². The molecule has 3 N–H and O–H groups in total. The molecule has 0 fully saturated rings. The van der Waals surface area contributed by atoms with E-state index in [0.717, 1.165) is 31.0 Å². The van der Waals surface area contributed by atoms with Gasteiger partial charge in [0.1, 0.15) is 24.1 Å². The zero-order chi connectivity index (χ0) is 24.4. The van der Waals surface area contributed by atoms with Gasteiger partial charge in [0.2, 0.25) is 0 Å². The molecule has 2 aromatic heterocycles. The molecule has 3 rings (SSSR count). The summed E-state index contributed by atoms with van der Waals surface area (Å²) in [7, 11) is -3.95. The Balaban J connectivity index is 1.85. The number of nitrogens with two attached hydrogens (primary N) is 1. The second-order valence-electron chi connectivity index (χ2n) is 6.41. The summed E-state index contributed by atoms with van der Waals surface area (Å²) in [6.45, 7) is -0.284. The Labute approximate surface area is 183 Å². The van der Waals surface area contributed by atoms with E-state index in [4.69, 9.17) is 5.73 Å². The Bertz CT molecular complexity index is 1320.